The lowest BCUT2D eigenvalue weighted by Crippen LogP contribution is -2.58. The maximum Gasteiger partial charge on any atom is 0.312 e. The molecule has 3 N–H and O–H groups in total. The number of nitrogens with zero attached hydrogens (tertiary/aromatic N) is 1. The van der Waals surface area contributed by atoms with Gasteiger partial charge in [0.2, 0.25) is 0 Å². The number of aliphatic carboxylic acids is 3. The molecule has 0 saturated carbocycles. The lowest BCUT2D eigenvalue weighted by molar-refractivity contribution is -0.935. The molecule has 222 valence electrons. The Morgan fingerprint density at radius 1 is 0.553 bits per heavy atom. The minimum absolute atomic E-state index is 0.253. The van der Waals surface area contributed by atoms with E-state index in [4.69, 9.17) is 0 Å². The molecule has 0 saturated heterocycles. The number of unbranched alkanes of at least 4 members (excludes halogenated alkanes) is 10. The summed E-state index contributed by atoms with van der Waals surface area (Å²) in [6.07, 6.45) is 19.9. The van der Waals surface area contributed by atoms with Crippen LogP contribution in [0.2, 0.25) is 0 Å². The Morgan fingerprint density at radius 3 is 1.24 bits per heavy atom. The lowest BCUT2D eigenvalue weighted by atomic mass is 9.95. The van der Waals surface area contributed by atoms with E-state index in [1.54, 1.807) is 0 Å². The van der Waals surface area contributed by atoms with Crippen LogP contribution in [0.4, 0.5) is 0 Å². The van der Waals surface area contributed by atoms with Crippen LogP contribution < -0.4 is 0 Å². The molecule has 0 aromatic heterocycles. The fourth-order valence-corrected chi connectivity index (χ4v) is 5.39. The summed E-state index contributed by atoms with van der Waals surface area (Å²) in [6, 6.07) is 0. The van der Waals surface area contributed by atoms with E-state index in [2.05, 4.69) is 19.1 Å². The van der Waals surface area contributed by atoms with Gasteiger partial charge in [-0.15, -0.1) is 0 Å². The van der Waals surface area contributed by atoms with E-state index in [1.807, 2.05) is 20.8 Å². The van der Waals surface area contributed by atoms with Crippen LogP contribution in [0.3, 0.4) is 0 Å². The predicted molar refractivity (Wildman–Crippen MR) is 154 cm³/mol. The minimum Gasteiger partial charge on any atom is -0.481 e. The van der Waals surface area contributed by atoms with Crippen molar-refractivity contribution in [3.63, 3.8) is 0 Å². The number of allylic oxidation sites excluding steroid dienone is 2. The molecule has 0 radical (unpaired) electrons. The van der Waals surface area contributed by atoms with Gasteiger partial charge in [0.25, 0.3) is 0 Å². The number of hydrogen-bond acceptors (Lipinski definition) is 3. The second kappa shape index (κ2) is 22.0. The van der Waals surface area contributed by atoms with Crippen LogP contribution in [0.25, 0.3) is 0 Å². The minimum atomic E-state index is -0.892. The largest absolute Gasteiger partial charge is 0.481 e. The van der Waals surface area contributed by atoms with Gasteiger partial charge in [0, 0.05) is 0 Å². The van der Waals surface area contributed by atoms with Crippen molar-refractivity contribution in [2.75, 3.05) is 26.2 Å². The first-order valence-corrected chi connectivity index (χ1v) is 15.3. The van der Waals surface area contributed by atoms with Gasteiger partial charge in [0.15, 0.2) is 0 Å². The van der Waals surface area contributed by atoms with Crippen LogP contribution >= 0.6 is 0 Å². The summed E-state index contributed by atoms with van der Waals surface area (Å²) in [7, 11) is 0. The summed E-state index contributed by atoms with van der Waals surface area (Å²) in [5, 5.41) is 29.4. The van der Waals surface area contributed by atoms with E-state index < -0.39 is 35.7 Å². The molecule has 0 spiro atoms. The van der Waals surface area contributed by atoms with Gasteiger partial charge in [0.05, 0.1) is 26.2 Å². The molecular weight excluding hydrogens is 482 g/mol. The Bertz CT molecular complexity index is 617. The molecule has 3 atom stereocenters. The van der Waals surface area contributed by atoms with E-state index in [0.717, 1.165) is 32.1 Å². The fraction of sp³-hybridized carbons (Fsp3) is 0.839. The Morgan fingerprint density at radius 2 is 0.895 bits per heavy atom. The summed E-state index contributed by atoms with van der Waals surface area (Å²) >= 11 is 0. The van der Waals surface area contributed by atoms with E-state index >= 15 is 0 Å². The van der Waals surface area contributed by atoms with Crippen LogP contribution in [0.5, 0.6) is 0 Å². The van der Waals surface area contributed by atoms with Gasteiger partial charge in [-0.1, -0.05) is 78.4 Å². The lowest BCUT2D eigenvalue weighted by Gasteiger charge is -2.43. The maximum absolute atomic E-state index is 11.9. The smallest absolute Gasteiger partial charge is 0.312 e. The third-order valence-corrected chi connectivity index (χ3v) is 7.99. The fourth-order valence-electron chi connectivity index (χ4n) is 5.39. The molecule has 7 heteroatoms. The molecular formula is C31H58NO6+. The molecule has 38 heavy (non-hydrogen) atoms. The SMILES string of the molecule is CCCCCC/C=C/CCCCCCCC[N+](CC(CC)C(=O)O)(CC(CC)C(=O)O)CC(CC)C(=O)O. The quantitative estimate of drug-likeness (QED) is 0.0599. The van der Waals surface area contributed by atoms with Crippen molar-refractivity contribution in [1.29, 1.82) is 0 Å². The van der Waals surface area contributed by atoms with Crippen molar-refractivity contribution in [2.24, 2.45) is 17.8 Å². The first-order valence-electron chi connectivity index (χ1n) is 15.3. The van der Waals surface area contributed by atoms with Gasteiger partial charge in [-0.2, -0.15) is 0 Å². The van der Waals surface area contributed by atoms with Gasteiger partial charge < -0.3 is 19.8 Å². The summed E-state index contributed by atoms with van der Waals surface area (Å²) in [6.45, 7) is 9.19. The third kappa shape index (κ3) is 16.2. The van der Waals surface area contributed by atoms with Gasteiger partial charge in [-0.25, -0.2) is 0 Å². The van der Waals surface area contributed by atoms with Crippen LogP contribution in [0, 0.1) is 17.8 Å². The number of carbonyl (C=O) groups is 3. The summed E-state index contributed by atoms with van der Waals surface area (Å²) < 4.78 is 0.253. The van der Waals surface area contributed by atoms with Crippen molar-refractivity contribution in [1.82, 2.24) is 0 Å². The molecule has 0 aliphatic carbocycles. The highest BCUT2D eigenvalue weighted by Crippen LogP contribution is 2.25. The topological polar surface area (TPSA) is 112 Å². The summed E-state index contributed by atoms with van der Waals surface area (Å²) in [4.78, 5) is 35.8. The second-order valence-corrected chi connectivity index (χ2v) is 11.2. The molecule has 0 fully saturated rings. The highest BCUT2D eigenvalue weighted by atomic mass is 16.4. The molecule has 3 unspecified atom stereocenters. The Hall–Kier alpha value is -1.89. The Labute approximate surface area is 232 Å². The average molecular weight is 541 g/mol. The Kier molecular flexibility index (Phi) is 20.9. The normalized spacial score (nSPS) is 15.7. The zero-order valence-corrected chi connectivity index (χ0v) is 24.8. The highest BCUT2D eigenvalue weighted by Gasteiger charge is 2.40. The van der Waals surface area contributed by atoms with Gasteiger partial charge in [0.1, 0.15) is 17.8 Å². The second-order valence-electron chi connectivity index (χ2n) is 11.2. The van der Waals surface area contributed by atoms with Gasteiger partial charge in [-0.05, 0) is 57.8 Å². The molecule has 0 aliphatic rings. The van der Waals surface area contributed by atoms with Gasteiger partial charge >= 0.3 is 17.9 Å². The standard InChI is InChI=1S/C31H57NO6/c1-5-9-10-11-12-13-14-15-16-17-18-19-20-21-22-32(23-26(6-2)29(33)34,24-27(7-3)30(35)36)25-28(8-4)31(37)38/h13-14,26-28H,5-12,15-25H2,1-4H3,(H2-,33,34,35,36,37,38)/p+1/b14-13+. The zero-order chi connectivity index (χ0) is 28.8. The number of rotatable bonds is 26. The van der Waals surface area contributed by atoms with Crippen LogP contribution in [0.15, 0.2) is 12.2 Å². The van der Waals surface area contributed by atoms with Crippen molar-refractivity contribution in [3.05, 3.63) is 12.2 Å². The molecule has 0 aromatic rings. The number of carboxylic acids is 3. The highest BCUT2D eigenvalue weighted by molar-refractivity contribution is 5.71. The van der Waals surface area contributed by atoms with Crippen LogP contribution in [-0.2, 0) is 14.4 Å². The predicted octanol–water partition coefficient (Wildman–Crippen LogP) is 7.39. The maximum atomic E-state index is 11.9. The van der Waals surface area contributed by atoms with Crippen LogP contribution in [0.1, 0.15) is 124 Å². The molecule has 7 nitrogen and oxygen atoms in total. The monoisotopic (exact) mass is 540 g/mol. The summed E-state index contributed by atoms with van der Waals surface area (Å²) in [5.41, 5.74) is 0. The Balaban J connectivity index is 5.07. The molecule has 0 amide bonds. The number of quaternary nitrogens is 1. The molecule has 0 aliphatic heterocycles. The molecule has 0 aromatic carbocycles. The zero-order valence-electron chi connectivity index (χ0n) is 24.8. The molecule has 0 rings (SSSR count). The first kappa shape index (κ1) is 36.1. The van der Waals surface area contributed by atoms with Gasteiger partial charge in [-0.3, -0.25) is 14.4 Å². The van der Waals surface area contributed by atoms with E-state index in [1.165, 1.54) is 44.9 Å². The van der Waals surface area contributed by atoms with Crippen LogP contribution in [-0.4, -0.2) is 63.9 Å². The first-order chi connectivity index (χ1) is 18.2. The van der Waals surface area contributed by atoms with E-state index in [-0.39, 0.29) is 24.1 Å². The average Bonchev–Trinajstić information content (AvgIpc) is 2.88. The summed E-state index contributed by atoms with van der Waals surface area (Å²) in [5.74, 6) is -4.53. The van der Waals surface area contributed by atoms with E-state index in [9.17, 15) is 29.7 Å². The molecule has 0 bridgehead atoms. The van der Waals surface area contributed by atoms with Crippen molar-refractivity contribution in [2.45, 2.75) is 124 Å². The van der Waals surface area contributed by atoms with Crippen molar-refractivity contribution >= 4 is 17.9 Å². The third-order valence-electron chi connectivity index (χ3n) is 7.99. The van der Waals surface area contributed by atoms with Crippen molar-refractivity contribution < 1.29 is 34.2 Å². The number of hydrogen-bond donors (Lipinski definition) is 3. The van der Waals surface area contributed by atoms with E-state index in [0.29, 0.717) is 25.8 Å². The number of carboxylic acid groups (broad SMARTS) is 3. The van der Waals surface area contributed by atoms with Crippen molar-refractivity contribution in [3.8, 4) is 0 Å². The molecule has 0 heterocycles.